The van der Waals surface area contributed by atoms with Crippen molar-refractivity contribution in [3.8, 4) is 0 Å². The zero-order valence-electron chi connectivity index (χ0n) is 19.3. The van der Waals surface area contributed by atoms with Crippen LogP contribution < -0.4 is 10.6 Å². The van der Waals surface area contributed by atoms with Crippen LogP contribution in [-0.2, 0) is 37.4 Å². The minimum absolute atomic E-state index is 0.244. The third-order valence-corrected chi connectivity index (χ3v) is 5.88. The highest BCUT2D eigenvalue weighted by Gasteiger charge is 2.22. The van der Waals surface area contributed by atoms with E-state index >= 15 is 0 Å². The van der Waals surface area contributed by atoms with Crippen molar-refractivity contribution >= 4 is 5.96 Å². The zero-order chi connectivity index (χ0) is 22.5. The van der Waals surface area contributed by atoms with E-state index in [0.29, 0.717) is 13.2 Å². The van der Waals surface area contributed by atoms with Crippen LogP contribution in [0.5, 0.6) is 0 Å². The molecule has 4 rings (SSSR count). The molecule has 0 saturated carbocycles. The monoisotopic (exact) mass is 436 g/mol. The van der Waals surface area contributed by atoms with Gasteiger partial charge in [0.2, 0.25) is 0 Å². The summed E-state index contributed by atoms with van der Waals surface area (Å²) in [4.78, 5) is 8.97. The fourth-order valence-corrected chi connectivity index (χ4v) is 4.13. The molecule has 1 aliphatic rings. The second-order valence-electron chi connectivity index (χ2n) is 8.16. The molecule has 0 spiro atoms. The summed E-state index contributed by atoms with van der Waals surface area (Å²) in [6.45, 7) is 6.84. The Morgan fingerprint density at radius 3 is 2.78 bits per heavy atom. The van der Waals surface area contributed by atoms with E-state index in [9.17, 15) is 0 Å². The van der Waals surface area contributed by atoms with Crippen molar-refractivity contribution in [1.29, 1.82) is 0 Å². The van der Waals surface area contributed by atoms with E-state index in [1.807, 2.05) is 10.7 Å². The molecule has 1 aliphatic heterocycles. The number of aromatic nitrogens is 5. The normalized spacial score (nSPS) is 16.1. The second-order valence-corrected chi connectivity index (χ2v) is 8.16. The number of aryl methyl sites for hydroxylation is 2. The molecule has 1 atom stereocenters. The number of ether oxygens (including phenoxy) is 1. The summed E-state index contributed by atoms with van der Waals surface area (Å²) < 4.78 is 9.20. The topological polar surface area (TPSA) is 94.2 Å². The van der Waals surface area contributed by atoms with E-state index in [1.165, 1.54) is 16.8 Å². The first-order valence-corrected chi connectivity index (χ1v) is 11.0. The van der Waals surface area contributed by atoms with Gasteiger partial charge in [0, 0.05) is 44.4 Å². The number of nitrogens with one attached hydrogen (secondary N) is 2. The quantitative estimate of drug-likeness (QED) is 0.434. The van der Waals surface area contributed by atoms with Gasteiger partial charge in [-0.2, -0.15) is 10.2 Å². The molecular formula is C23H32N8O. The van der Waals surface area contributed by atoms with Gasteiger partial charge in [0.05, 0.1) is 18.8 Å². The number of hydrogen-bond donors (Lipinski definition) is 2. The molecule has 32 heavy (non-hydrogen) atoms. The van der Waals surface area contributed by atoms with Crippen molar-refractivity contribution in [1.82, 2.24) is 35.2 Å². The van der Waals surface area contributed by atoms with Gasteiger partial charge < -0.3 is 15.4 Å². The maximum Gasteiger partial charge on any atom is 0.191 e. The first kappa shape index (κ1) is 22.0. The Kier molecular flexibility index (Phi) is 6.84. The zero-order valence-corrected chi connectivity index (χ0v) is 19.3. The highest BCUT2D eigenvalue weighted by molar-refractivity contribution is 5.80. The third kappa shape index (κ3) is 4.99. The maximum atomic E-state index is 5.15. The van der Waals surface area contributed by atoms with Gasteiger partial charge in [0.15, 0.2) is 11.8 Å². The van der Waals surface area contributed by atoms with Gasteiger partial charge in [-0.1, -0.05) is 30.3 Å². The number of methoxy groups -OCH3 is 1. The van der Waals surface area contributed by atoms with E-state index in [4.69, 9.17) is 9.84 Å². The van der Waals surface area contributed by atoms with Crippen LogP contribution in [-0.4, -0.2) is 50.7 Å². The minimum atomic E-state index is 0.244. The molecule has 1 unspecified atom stereocenters. The Labute approximate surface area is 188 Å². The molecule has 0 fully saturated rings. The summed E-state index contributed by atoms with van der Waals surface area (Å²) in [7, 11) is 3.46. The summed E-state index contributed by atoms with van der Waals surface area (Å²) in [6, 6.07) is 10.7. The highest BCUT2D eigenvalue weighted by Crippen LogP contribution is 2.16. The van der Waals surface area contributed by atoms with Gasteiger partial charge >= 0.3 is 0 Å². The molecule has 3 heterocycles. The van der Waals surface area contributed by atoms with Crippen LogP contribution in [0.2, 0.25) is 0 Å². The van der Waals surface area contributed by atoms with E-state index in [1.54, 1.807) is 14.2 Å². The lowest BCUT2D eigenvalue weighted by molar-refractivity contribution is 0.177. The van der Waals surface area contributed by atoms with Crippen LogP contribution in [0.25, 0.3) is 0 Å². The standard InChI is InChI=1S/C23H32N8O/c1-16-20(17(2)30(28-16)13-18-8-6-5-7-9-18)12-25-23(24-3)26-19-10-11-22-27-21(15-32-4)29-31(22)14-19/h5-9,19H,10-15H2,1-4H3,(H2,24,25,26). The highest BCUT2D eigenvalue weighted by atomic mass is 16.5. The Balaban J connectivity index is 1.36. The largest absolute Gasteiger partial charge is 0.377 e. The predicted molar refractivity (Wildman–Crippen MR) is 123 cm³/mol. The fourth-order valence-electron chi connectivity index (χ4n) is 4.13. The minimum Gasteiger partial charge on any atom is -0.377 e. The molecule has 0 amide bonds. The molecule has 2 aromatic heterocycles. The third-order valence-electron chi connectivity index (χ3n) is 5.88. The lowest BCUT2D eigenvalue weighted by Crippen LogP contribution is -2.46. The maximum absolute atomic E-state index is 5.15. The lowest BCUT2D eigenvalue weighted by Gasteiger charge is -2.25. The number of aliphatic imine (C=N–C) groups is 1. The van der Waals surface area contributed by atoms with Crippen LogP contribution in [0.1, 0.15) is 40.6 Å². The van der Waals surface area contributed by atoms with Crippen molar-refractivity contribution in [2.24, 2.45) is 4.99 Å². The molecule has 2 N–H and O–H groups in total. The van der Waals surface area contributed by atoms with Gasteiger partial charge in [0.1, 0.15) is 12.4 Å². The van der Waals surface area contributed by atoms with Gasteiger partial charge in [-0.3, -0.25) is 9.67 Å². The Hall–Kier alpha value is -3.20. The average Bonchev–Trinajstić information content (AvgIpc) is 3.31. The first-order chi connectivity index (χ1) is 15.6. The SMILES string of the molecule is CN=C(NCc1c(C)nn(Cc2ccccc2)c1C)NC1CCc2nc(COC)nn2C1. The number of fused-ring (bicyclic) bond motifs is 1. The number of rotatable bonds is 7. The van der Waals surface area contributed by atoms with Crippen LogP contribution in [0, 0.1) is 13.8 Å². The van der Waals surface area contributed by atoms with Crippen molar-refractivity contribution in [3.63, 3.8) is 0 Å². The molecule has 0 bridgehead atoms. The van der Waals surface area contributed by atoms with Gasteiger partial charge in [0.25, 0.3) is 0 Å². The lowest BCUT2D eigenvalue weighted by atomic mass is 10.1. The Morgan fingerprint density at radius 2 is 2.03 bits per heavy atom. The summed E-state index contributed by atoms with van der Waals surface area (Å²) >= 11 is 0. The van der Waals surface area contributed by atoms with E-state index in [-0.39, 0.29) is 6.04 Å². The summed E-state index contributed by atoms with van der Waals surface area (Å²) in [5.41, 5.74) is 4.66. The van der Waals surface area contributed by atoms with Crippen molar-refractivity contribution in [2.75, 3.05) is 14.2 Å². The van der Waals surface area contributed by atoms with Crippen LogP contribution in [0.4, 0.5) is 0 Å². The van der Waals surface area contributed by atoms with E-state index in [0.717, 1.165) is 49.2 Å². The average molecular weight is 437 g/mol. The molecule has 0 radical (unpaired) electrons. The van der Waals surface area contributed by atoms with Crippen LogP contribution in [0.15, 0.2) is 35.3 Å². The second kappa shape index (κ2) is 9.95. The van der Waals surface area contributed by atoms with Crippen molar-refractivity contribution in [2.45, 2.75) is 59.0 Å². The predicted octanol–water partition coefficient (Wildman–Crippen LogP) is 1.97. The van der Waals surface area contributed by atoms with Gasteiger partial charge in [-0.25, -0.2) is 9.67 Å². The Morgan fingerprint density at radius 1 is 1.22 bits per heavy atom. The van der Waals surface area contributed by atoms with Gasteiger partial charge in [-0.05, 0) is 25.8 Å². The molecule has 3 aromatic rings. The Bertz CT molecular complexity index is 1070. The van der Waals surface area contributed by atoms with E-state index in [2.05, 4.69) is 68.5 Å². The number of benzene rings is 1. The summed E-state index contributed by atoms with van der Waals surface area (Å²) in [6.07, 6.45) is 1.87. The number of guanidine groups is 1. The van der Waals surface area contributed by atoms with Crippen molar-refractivity contribution < 1.29 is 4.74 Å². The van der Waals surface area contributed by atoms with Crippen LogP contribution in [0.3, 0.4) is 0 Å². The van der Waals surface area contributed by atoms with Gasteiger partial charge in [-0.15, -0.1) is 0 Å². The fraction of sp³-hybridized carbons (Fsp3) is 0.478. The van der Waals surface area contributed by atoms with Crippen LogP contribution >= 0.6 is 0 Å². The van der Waals surface area contributed by atoms with E-state index < -0.39 is 0 Å². The molecule has 0 aliphatic carbocycles. The molecule has 1 aromatic carbocycles. The molecular weight excluding hydrogens is 404 g/mol. The molecule has 170 valence electrons. The summed E-state index contributed by atoms with van der Waals surface area (Å²) in [5.74, 6) is 2.55. The smallest absolute Gasteiger partial charge is 0.191 e. The van der Waals surface area contributed by atoms with Crippen molar-refractivity contribution in [3.05, 3.63) is 64.5 Å². The molecule has 9 heteroatoms. The molecule has 9 nitrogen and oxygen atoms in total. The number of nitrogens with zero attached hydrogens (tertiary/aromatic N) is 6. The summed E-state index contributed by atoms with van der Waals surface area (Å²) in [5, 5.41) is 16.3. The molecule has 0 saturated heterocycles. The first-order valence-electron chi connectivity index (χ1n) is 11.0. The number of hydrogen-bond acceptors (Lipinski definition) is 5.